The van der Waals surface area contributed by atoms with Crippen molar-refractivity contribution in [3.05, 3.63) is 93.3 Å². The molecule has 3 aromatic heterocycles. The Balaban J connectivity index is 1.34. The highest BCUT2D eigenvalue weighted by molar-refractivity contribution is 6.30. The summed E-state index contributed by atoms with van der Waals surface area (Å²) in [4.78, 5) is 26.5. The van der Waals surface area contributed by atoms with E-state index < -0.39 is 0 Å². The summed E-state index contributed by atoms with van der Waals surface area (Å²) in [6.07, 6.45) is 4.11. The van der Waals surface area contributed by atoms with Crippen LogP contribution in [0.4, 0.5) is 0 Å². The van der Waals surface area contributed by atoms with Crippen LogP contribution >= 0.6 is 11.6 Å². The van der Waals surface area contributed by atoms with Crippen LogP contribution in [0.15, 0.2) is 70.1 Å². The van der Waals surface area contributed by atoms with E-state index in [0.717, 1.165) is 46.9 Å². The molecule has 4 aromatic rings. The zero-order valence-electron chi connectivity index (χ0n) is 16.1. The summed E-state index contributed by atoms with van der Waals surface area (Å²) in [5.41, 5.74) is 3.30. The predicted molar refractivity (Wildman–Crippen MR) is 115 cm³/mol. The van der Waals surface area contributed by atoms with Crippen LogP contribution in [0.1, 0.15) is 17.0 Å². The number of aromatic amines is 1. The normalized spacial score (nSPS) is 13.9. The van der Waals surface area contributed by atoms with Crippen molar-refractivity contribution >= 4 is 11.6 Å². The lowest BCUT2D eigenvalue weighted by Gasteiger charge is -2.26. The molecule has 0 unspecified atom stereocenters. The molecule has 1 aliphatic heterocycles. The van der Waals surface area contributed by atoms with Crippen LogP contribution in [-0.2, 0) is 19.5 Å². The summed E-state index contributed by atoms with van der Waals surface area (Å²) >= 11 is 6.08. The van der Waals surface area contributed by atoms with E-state index in [1.165, 1.54) is 0 Å². The Labute approximate surface area is 178 Å². The van der Waals surface area contributed by atoms with E-state index in [4.69, 9.17) is 21.0 Å². The molecule has 1 aromatic carbocycles. The van der Waals surface area contributed by atoms with E-state index in [1.807, 2.05) is 48.5 Å². The molecule has 0 radical (unpaired) electrons. The number of nitrogens with one attached hydrogen (secondary N) is 1. The number of hydrogen-bond donors (Lipinski definition) is 1. The monoisotopic (exact) mass is 418 g/mol. The number of hydrogen-bond acceptors (Lipinski definition) is 5. The average molecular weight is 419 g/mol. The second kappa shape index (κ2) is 7.89. The molecule has 30 heavy (non-hydrogen) atoms. The maximum Gasteiger partial charge on any atom is 0.255 e. The van der Waals surface area contributed by atoms with Gasteiger partial charge in [-0.1, -0.05) is 23.7 Å². The van der Waals surface area contributed by atoms with Gasteiger partial charge in [-0.25, -0.2) is 4.98 Å². The third-order valence-corrected chi connectivity index (χ3v) is 5.49. The van der Waals surface area contributed by atoms with Crippen LogP contribution in [-0.4, -0.2) is 26.4 Å². The lowest BCUT2D eigenvalue weighted by atomic mass is 10.1. The Morgan fingerprint density at radius 3 is 2.80 bits per heavy atom. The second-order valence-corrected chi connectivity index (χ2v) is 7.75. The zero-order chi connectivity index (χ0) is 20.5. The molecule has 0 saturated carbocycles. The molecule has 6 nitrogen and oxygen atoms in total. The van der Waals surface area contributed by atoms with Crippen LogP contribution < -0.4 is 5.56 Å². The van der Waals surface area contributed by atoms with E-state index in [0.29, 0.717) is 23.9 Å². The van der Waals surface area contributed by atoms with Gasteiger partial charge < -0.3 is 9.40 Å². The first-order valence-corrected chi connectivity index (χ1v) is 10.1. The van der Waals surface area contributed by atoms with Gasteiger partial charge in [0.05, 0.1) is 17.8 Å². The van der Waals surface area contributed by atoms with Crippen LogP contribution in [0.3, 0.4) is 0 Å². The summed E-state index contributed by atoms with van der Waals surface area (Å²) in [6.45, 7) is 1.99. The number of fused-ring (bicyclic) bond motifs is 1. The maximum atomic E-state index is 12.7. The summed E-state index contributed by atoms with van der Waals surface area (Å²) in [5.74, 6) is 2.23. The molecule has 0 aliphatic carbocycles. The number of nitrogens with zero attached hydrogens (tertiary/aromatic N) is 3. The van der Waals surface area contributed by atoms with Gasteiger partial charge in [-0.15, -0.1) is 0 Å². The molecule has 1 N–H and O–H groups in total. The minimum atomic E-state index is -0.0874. The molecule has 0 bridgehead atoms. The van der Waals surface area contributed by atoms with Gasteiger partial charge in [-0.2, -0.15) is 0 Å². The van der Waals surface area contributed by atoms with Crippen molar-refractivity contribution in [3.63, 3.8) is 0 Å². The van der Waals surface area contributed by atoms with Gasteiger partial charge in [0.2, 0.25) is 0 Å². The van der Waals surface area contributed by atoms with Gasteiger partial charge in [0.1, 0.15) is 17.3 Å². The van der Waals surface area contributed by atoms with E-state index in [1.54, 1.807) is 12.4 Å². The van der Waals surface area contributed by atoms with Crippen LogP contribution in [0.2, 0.25) is 5.02 Å². The summed E-state index contributed by atoms with van der Waals surface area (Å²) in [5, 5.41) is 0.677. The number of H-pyrrole nitrogens is 1. The Kier molecular flexibility index (Phi) is 4.94. The molecular formula is C23H19ClN4O2. The third kappa shape index (κ3) is 3.79. The zero-order valence-corrected chi connectivity index (χ0v) is 16.9. The molecule has 7 heteroatoms. The average Bonchev–Trinajstić information content (AvgIpc) is 3.23. The van der Waals surface area contributed by atoms with Gasteiger partial charge in [-0.3, -0.25) is 14.7 Å². The van der Waals surface area contributed by atoms with Gasteiger partial charge in [0.15, 0.2) is 0 Å². The molecule has 0 fully saturated rings. The smallest absolute Gasteiger partial charge is 0.255 e. The SMILES string of the molecule is O=c1[nH]c(-c2ccncc2)nc2c1CN(Cc1ccc(-c3cccc(Cl)c3)o1)CC2. The van der Waals surface area contributed by atoms with Crippen molar-refractivity contribution in [2.45, 2.75) is 19.5 Å². The fourth-order valence-electron chi connectivity index (χ4n) is 3.74. The molecule has 0 spiro atoms. The van der Waals surface area contributed by atoms with Gasteiger partial charge in [0, 0.05) is 48.1 Å². The fraction of sp³-hybridized carbons (Fsp3) is 0.174. The predicted octanol–water partition coefficient (Wildman–Crippen LogP) is 4.30. The number of pyridine rings is 1. The molecule has 1 aliphatic rings. The van der Waals surface area contributed by atoms with Crippen molar-refractivity contribution in [2.75, 3.05) is 6.54 Å². The van der Waals surface area contributed by atoms with Gasteiger partial charge in [-0.05, 0) is 36.4 Å². The Bertz CT molecular complexity index is 1250. The molecule has 4 heterocycles. The lowest BCUT2D eigenvalue weighted by molar-refractivity contribution is 0.223. The summed E-state index contributed by atoms with van der Waals surface area (Å²) < 4.78 is 6.01. The van der Waals surface area contributed by atoms with E-state index in [-0.39, 0.29) is 5.56 Å². The molecule has 150 valence electrons. The number of aromatic nitrogens is 3. The third-order valence-electron chi connectivity index (χ3n) is 5.25. The Morgan fingerprint density at radius 1 is 1.10 bits per heavy atom. The highest BCUT2D eigenvalue weighted by Crippen LogP contribution is 2.26. The topological polar surface area (TPSA) is 75.0 Å². The standard InChI is InChI=1S/C23H19ClN4O2/c24-17-3-1-2-16(12-17)21-5-4-18(30-21)13-28-11-8-20-19(14-28)23(29)27-22(26-20)15-6-9-25-10-7-15/h1-7,9-10,12H,8,11,13-14H2,(H,26,27,29). The first-order valence-electron chi connectivity index (χ1n) is 9.75. The molecule has 0 atom stereocenters. The summed E-state index contributed by atoms with van der Waals surface area (Å²) in [6, 6.07) is 15.2. The van der Waals surface area contributed by atoms with Crippen molar-refractivity contribution < 1.29 is 4.42 Å². The van der Waals surface area contributed by atoms with Crippen LogP contribution in [0.5, 0.6) is 0 Å². The van der Waals surface area contributed by atoms with Crippen molar-refractivity contribution in [3.8, 4) is 22.7 Å². The van der Waals surface area contributed by atoms with Crippen molar-refractivity contribution in [1.82, 2.24) is 19.9 Å². The molecule has 0 amide bonds. The Morgan fingerprint density at radius 2 is 1.97 bits per heavy atom. The highest BCUT2D eigenvalue weighted by Gasteiger charge is 2.22. The van der Waals surface area contributed by atoms with Gasteiger partial charge >= 0.3 is 0 Å². The maximum absolute atomic E-state index is 12.7. The first-order chi connectivity index (χ1) is 14.7. The summed E-state index contributed by atoms with van der Waals surface area (Å²) in [7, 11) is 0. The number of furan rings is 1. The molecule has 5 rings (SSSR count). The van der Waals surface area contributed by atoms with Crippen LogP contribution in [0, 0.1) is 0 Å². The fourth-order valence-corrected chi connectivity index (χ4v) is 3.93. The largest absolute Gasteiger partial charge is 0.460 e. The minimum absolute atomic E-state index is 0.0874. The quantitative estimate of drug-likeness (QED) is 0.534. The van der Waals surface area contributed by atoms with Gasteiger partial charge in [0.25, 0.3) is 5.56 Å². The molecule has 0 saturated heterocycles. The lowest BCUT2D eigenvalue weighted by Crippen LogP contribution is -2.35. The second-order valence-electron chi connectivity index (χ2n) is 7.31. The van der Waals surface area contributed by atoms with Crippen molar-refractivity contribution in [1.29, 1.82) is 0 Å². The number of halogens is 1. The van der Waals surface area contributed by atoms with Crippen LogP contribution in [0.25, 0.3) is 22.7 Å². The number of rotatable bonds is 4. The van der Waals surface area contributed by atoms with Crippen molar-refractivity contribution in [2.24, 2.45) is 0 Å². The van der Waals surface area contributed by atoms with E-state index in [2.05, 4.69) is 14.9 Å². The Hall–Kier alpha value is -3.22. The van der Waals surface area contributed by atoms with E-state index in [9.17, 15) is 4.79 Å². The molecular weight excluding hydrogens is 400 g/mol. The van der Waals surface area contributed by atoms with E-state index >= 15 is 0 Å². The first kappa shape index (κ1) is 18.8. The minimum Gasteiger partial charge on any atom is -0.460 e. The highest BCUT2D eigenvalue weighted by atomic mass is 35.5. The number of benzene rings is 1.